The molecule has 0 radical (unpaired) electrons. The van der Waals surface area contributed by atoms with Gasteiger partial charge in [-0.25, -0.2) is 4.98 Å². The number of hydrogen-bond donors (Lipinski definition) is 1. The van der Waals surface area contributed by atoms with Crippen molar-refractivity contribution in [1.82, 2.24) is 10.3 Å². The third-order valence-corrected chi connectivity index (χ3v) is 3.29. The van der Waals surface area contributed by atoms with Gasteiger partial charge in [-0.05, 0) is 25.1 Å². The zero-order chi connectivity index (χ0) is 13.0. The van der Waals surface area contributed by atoms with E-state index in [1.54, 1.807) is 12.3 Å². The second-order valence-corrected chi connectivity index (χ2v) is 4.71. The van der Waals surface area contributed by atoms with Crippen molar-refractivity contribution >= 4 is 23.2 Å². The second-order valence-electron chi connectivity index (χ2n) is 3.92. The fraction of sp³-hybridized carbons (Fsp3) is 0.308. The molecule has 1 aromatic heterocycles. The summed E-state index contributed by atoms with van der Waals surface area (Å²) in [5, 5.41) is 4.23. The highest BCUT2D eigenvalue weighted by Gasteiger charge is 2.12. The molecule has 1 heterocycles. The Bertz CT molecular complexity index is 525. The van der Waals surface area contributed by atoms with Crippen LogP contribution in [0, 0.1) is 0 Å². The van der Waals surface area contributed by atoms with E-state index in [0.29, 0.717) is 28.0 Å². The van der Waals surface area contributed by atoms with Crippen molar-refractivity contribution < 1.29 is 4.42 Å². The highest BCUT2D eigenvalue weighted by Crippen LogP contribution is 2.32. The minimum Gasteiger partial charge on any atom is -0.444 e. The molecule has 2 aromatic rings. The zero-order valence-electron chi connectivity index (χ0n) is 10.0. The first-order valence-corrected chi connectivity index (χ1v) is 6.57. The normalized spacial score (nSPS) is 10.8. The number of rotatable bonds is 5. The van der Waals surface area contributed by atoms with Crippen molar-refractivity contribution in [3.63, 3.8) is 0 Å². The molecule has 3 nitrogen and oxygen atoms in total. The Balaban J connectivity index is 2.16. The zero-order valence-corrected chi connectivity index (χ0v) is 11.6. The number of aromatic nitrogens is 1. The molecule has 0 atom stereocenters. The lowest BCUT2D eigenvalue weighted by atomic mass is 10.2. The van der Waals surface area contributed by atoms with Crippen LogP contribution >= 0.6 is 23.2 Å². The Morgan fingerprint density at radius 2 is 2.17 bits per heavy atom. The molecule has 0 spiro atoms. The molecule has 0 bridgehead atoms. The predicted octanol–water partition coefficient (Wildman–Crippen LogP) is 4.15. The fourth-order valence-electron chi connectivity index (χ4n) is 1.57. The minimum atomic E-state index is 0.467. The van der Waals surface area contributed by atoms with Crippen LogP contribution in [0.4, 0.5) is 0 Å². The molecule has 0 fully saturated rings. The molecule has 0 unspecified atom stereocenters. The first-order valence-electron chi connectivity index (χ1n) is 5.82. The Kier molecular flexibility index (Phi) is 4.64. The van der Waals surface area contributed by atoms with Gasteiger partial charge < -0.3 is 9.73 Å². The highest BCUT2D eigenvalue weighted by atomic mass is 35.5. The summed E-state index contributed by atoms with van der Waals surface area (Å²) in [7, 11) is 0. The summed E-state index contributed by atoms with van der Waals surface area (Å²) in [6.45, 7) is 3.77. The van der Waals surface area contributed by atoms with Crippen LogP contribution in [-0.4, -0.2) is 11.5 Å². The summed E-state index contributed by atoms with van der Waals surface area (Å²) in [4.78, 5) is 4.38. The van der Waals surface area contributed by atoms with Crippen molar-refractivity contribution in [1.29, 1.82) is 0 Å². The number of benzene rings is 1. The van der Waals surface area contributed by atoms with Gasteiger partial charge in [0.1, 0.15) is 6.26 Å². The number of hydrogen-bond acceptors (Lipinski definition) is 3. The summed E-state index contributed by atoms with van der Waals surface area (Å²) in [5.41, 5.74) is 1.57. The molecule has 18 heavy (non-hydrogen) atoms. The van der Waals surface area contributed by atoms with Gasteiger partial charge in [0.2, 0.25) is 5.89 Å². The molecule has 0 saturated heterocycles. The molecule has 1 aromatic carbocycles. The lowest BCUT2D eigenvalue weighted by Gasteiger charge is -2.00. The Hall–Kier alpha value is -1.03. The first kappa shape index (κ1) is 13.4. The molecule has 0 amide bonds. The largest absolute Gasteiger partial charge is 0.444 e. The average Bonchev–Trinajstić information content (AvgIpc) is 2.82. The van der Waals surface area contributed by atoms with Crippen molar-refractivity contribution in [2.45, 2.75) is 19.9 Å². The standard InChI is InChI=1S/C13H14Cl2N2O/c1-2-6-16-7-9-8-18-13(17-9)10-4-3-5-11(14)12(10)15/h3-5,8,16H,2,6-7H2,1H3. The molecule has 0 saturated carbocycles. The van der Waals surface area contributed by atoms with E-state index in [9.17, 15) is 0 Å². The minimum absolute atomic E-state index is 0.467. The van der Waals surface area contributed by atoms with E-state index in [-0.39, 0.29) is 0 Å². The molecule has 0 aliphatic carbocycles. The summed E-state index contributed by atoms with van der Waals surface area (Å²) in [5.74, 6) is 0.496. The maximum absolute atomic E-state index is 6.12. The van der Waals surface area contributed by atoms with Crippen molar-refractivity contribution in [2.24, 2.45) is 0 Å². The van der Waals surface area contributed by atoms with Crippen molar-refractivity contribution in [2.75, 3.05) is 6.54 Å². The smallest absolute Gasteiger partial charge is 0.227 e. The molecule has 5 heteroatoms. The predicted molar refractivity (Wildman–Crippen MR) is 74.0 cm³/mol. The van der Waals surface area contributed by atoms with Crippen LogP contribution in [0.25, 0.3) is 11.5 Å². The van der Waals surface area contributed by atoms with E-state index >= 15 is 0 Å². The van der Waals surface area contributed by atoms with E-state index in [4.69, 9.17) is 27.6 Å². The third-order valence-electron chi connectivity index (χ3n) is 2.47. The first-order chi connectivity index (χ1) is 8.72. The van der Waals surface area contributed by atoms with Gasteiger partial charge in [0.25, 0.3) is 0 Å². The van der Waals surface area contributed by atoms with Gasteiger partial charge in [-0.3, -0.25) is 0 Å². The molecular formula is C13H14Cl2N2O. The molecule has 0 aliphatic rings. The Morgan fingerprint density at radius 3 is 2.94 bits per heavy atom. The van der Waals surface area contributed by atoms with E-state index in [1.807, 2.05) is 12.1 Å². The Morgan fingerprint density at radius 1 is 1.33 bits per heavy atom. The average molecular weight is 285 g/mol. The highest BCUT2D eigenvalue weighted by molar-refractivity contribution is 6.43. The van der Waals surface area contributed by atoms with Gasteiger partial charge in [-0.15, -0.1) is 0 Å². The van der Waals surface area contributed by atoms with Crippen molar-refractivity contribution in [3.05, 3.63) is 40.2 Å². The van der Waals surface area contributed by atoms with Crippen LogP contribution in [-0.2, 0) is 6.54 Å². The van der Waals surface area contributed by atoms with Crippen LogP contribution in [0.3, 0.4) is 0 Å². The fourth-order valence-corrected chi connectivity index (χ4v) is 1.96. The number of halogens is 2. The molecule has 1 N–H and O–H groups in total. The molecule has 2 rings (SSSR count). The second kappa shape index (κ2) is 6.23. The van der Waals surface area contributed by atoms with Crippen molar-refractivity contribution in [3.8, 4) is 11.5 Å². The van der Waals surface area contributed by atoms with Crippen LogP contribution in [0.2, 0.25) is 10.0 Å². The van der Waals surface area contributed by atoms with Crippen LogP contribution < -0.4 is 5.32 Å². The number of nitrogens with one attached hydrogen (secondary N) is 1. The Labute approximate surface area is 116 Å². The summed E-state index contributed by atoms with van der Waals surface area (Å²) in [6, 6.07) is 5.39. The maximum atomic E-state index is 6.12. The SMILES string of the molecule is CCCNCc1coc(-c2cccc(Cl)c2Cl)n1. The van der Waals surface area contributed by atoms with Gasteiger partial charge >= 0.3 is 0 Å². The number of oxazole rings is 1. The van der Waals surface area contributed by atoms with E-state index < -0.39 is 0 Å². The van der Waals surface area contributed by atoms with Gasteiger partial charge in [-0.2, -0.15) is 0 Å². The maximum Gasteiger partial charge on any atom is 0.227 e. The van der Waals surface area contributed by atoms with Gasteiger partial charge in [0, 0.05) is 6.54 Å². The summed E-state index contributed by atoms with van der Waals surface area (Å²) in [6.07, 6.45) is 2.72. The molecule has 96 valence electrons. The van der Waals surface area contributed by atoms with E-state index in [1.165, 1.54) is 0 Å². The van der Waals surface area contributed by atoms with Gasteiger partial charge in [-0.1, -0.05) is 36.2 Å². The van der Waals surface area contributed by atoms with E-state index in [2.05, 4.69) is 17.2 Å². The summed E-state index contributed by atoms with van der Waals surface area (Å²) < 4.78 is 5.42. The summed E-state index contributed by atoms with van der Waals surface area (Å²) >= 11 is 12.1. The topological polar surface area (TPSA) is 38.1 Å². The molecular weight excluding hydrogens is 271 g/mol. The van der Waals surface area contributed by atoms with Crippen LogP contribution in [0.15, 0.2) is 28.9 Å². The van der Waals surface area contributed by atoms with E-state index in [0.717, 1.165) is 18.7 Å². The van der Waals surface area contributed by atoms with Crippen LogP contribution in [0.5, 0.6) is 0 Å². The monoisotopic (exact) mass is 284 g/mol. The quantitative estimate of drug-likeness (QED) is 0.839. The molecule has 0 aliphatic heterocycles. The lowest BCUT2D eigenvalue weighted by molar-refractivity contribution is 0.570. The van der Waals surface area contributed by atoms with Gasteiger partial charge in [0.15, 0.2) is 0 Å². The third kappa shape index (κ3) is 3.05. The lowest BCUT2D eigenvalue weighted by Crippen LogP contribution is -2.13. The van der Waals surface area contributed by atoms with Crippen LogP contribution in [0.1, 0.15) is 19.0 Å². The van der Waals surface area contributed by atoms with Gasteiger partial charge in [0.05, 0.1) is 21.3 Å². The number of nitrogens with zero attached hydrogens (tertiary/aromatic N) is 1.